The van der Waals surface area contributed by atoms with Crippen LogP contribution >= 0.6 is 0 Å². The third-order valence-electron chi connectivity index (χ3n) is 7.33. The molecule has 24 heavy (non-hydrogen) atoms. The molecule has 2 aromatic carbocycles. The lowest BCUT2D eigenvalue weighted by Crippen LogP contribution is -2.61. The summed E-state index contributed by atoms with van der Waals surface area (Å²) in [7, 11) is 0. The van der Waals surface area contributed by atoms with Crippen molar-refractivity contribution in [2.24, 2.45) is 28.9 Å². The smallest absolute Gasteiger partial charge is 0.0723 e. The van der Waals surface area contributed by atoms with Crippen molar-refractivity contribution < 1.29 is 0 Å². The number of nitrogens with two attached hydrogens (primary N) is 1. The first-order valence-electron chi connectivity index (χ1n) is 9.59. The zero-order chi connectivity index (χ0) is 16.2. The summed E-state index contributed by atoms with van der Waals surface area (Å²) in [5.74, 6) is 2.73. The Balaban J connectivity index is 1.70. The van der Waals surface area contributed by atoms with Gasteiger partial charge in [0.2, 0.25) is 0 Å². The van der Waals surface area contributed by atoms with Gasteiger partial charge < -0.3 is 5.73 Å². The largest absolute Gasteiger partial charge is 0.317 e. The topological polar surface area (TPSA) is 26.0 Å². The molecule has 0 aliphatic heterocycles. The summed E-state index contributed by atoms with van der Waals surface area (Å²) in [6.45, 7) is 0. The minimum absolute atomic E-state index is 0.241. The molecule has 0 aromatic heterocycles. The average molecular weight is 317 g/mol. The van der Waals surface area contributed by atoms with E-state index in [1.807, 2.05) is 0 Å². The molecule has 124 valence electrons. The van der Waals surface area contributed by atoms with E-state index in [1.165, 1.54) is 49.7 Å². The SMILES string of the molecule is NC(c1ccccc1)(c1ccccc1)C12CC3CC(CC(C3)C1)C2. The lowest BCUT2D eigenvalue weighted by atomic mass is 9.43. The van der Waals surface area contributed by atoms with Crippen molar-refractivity contribution in [1.82, 2.24) is 0 Å². The molecule has 6 rings (SSSR count). The Kier molecular flexibility index (Phi) is 3.19. The highest BCUT2D eigenvalue weighted by atomic mass is 14.8. The Morgan fingerprint density at radius 1 is 0.667 bits per heavy atom. The molecule has 0 spiro atoms. The second-order valence-corrected chi connectivity index (χ2v) is 8.74. The summed E-state index contributed by atoms with van der Waals surface area (Å²) >= 11 is 0. The van der Waals surface area contributed by atoms with Gasteiger partial charge in [0, 0.05) is 0 Å². The fourth-order valence-electron chi connectivity index (χ4n) is 6.77. The molecule has 0 heterocycles. The Bertz CT molecular complexity index is 643. The van der Waals surface area contributed by atoms with Crippen LogP contribution in [0.1, 0.15) is 49.7 Å². The van der Waals surface area contributed by atoms with E-state index in [4.69, 9.17) is 5.73 Å². The quantitative estimate of drug-likeness (QED) is 0.837. The Morgan fingerprint density at radius 3 is 1.42 bits per heavy atom. The molecule has 2 aromatic rings. The van der Waals surface area contributed by atoms with E-state index >= 15 is 0 Å². The number of hydrogen-bond donors (Lipinski definition) is 1. The van der Waals surface area contributed by atoms with Crippen LogP contribution in [0.25, 0.3) is 0 Å². The highest BCUT2D eigenvalue weighted by Gasteiger charge is 2.60. The van der Waals surface area contributed by atoms with Crippen LogP contribution in [0.3, 0.4) is 0 Å². The van der Waals surface area contributed by atoms with Crippen molar-refractivity contribution in [3.05, 3.63) is 71.8 Å². The van der Waals surface area contributed by atoms with E-state index in [1.54, 1.807) is 0 Å². The van der Waals surface area contributed by atoms with E-state index < -0.39 is 0 Å². The maximum Gasteiger partial charge on any atom is 0.0723 e. The van der Waals surface area contributed by atoms with Gasteiger partial charge in [-0.05, 0) is 72.8 Å². The van der Waals surface area contributed by atoms with Crippen LogP contribution < -0.4 is 5.73 Å². The lowest BCUT2D eigenvalue weighted by Gasteiger charge is -2.63. The Morgan fingerprint density at radius 2 is 1.04 bits per heavy atom. The highest BCUT2D eigenvalue weighted by molar-refractivity contribution is 5.42. The molecule has 0 atom stereocenters. The van der Waals surface area contributed by atoms with E-state index in [9.17, 15) is 0 Å². The molecule has 0 radical (unpaired) electrons. The third kappa shape index (κ3) is 1.97. The molecular weight excluding hydrogens is 290 g/mol. The van der Waals surface area contributed by atoms with Gasteiger partial charge in [-0.25, -0.2) is 0 Å². The minimum Gasteiger partial charge on any atom is -0.317 e. The van der Waals surface area contributed by atoms with Gasteiger partial charge in [-0.1, -0.05) is 60.7 Å². The first kappa shape index (κ1) is 14.7. The molecule has 4 bridgehead atoms. The zero-order valence-corrected chi connectivity index (χ0v) is 14.3. The molecule has 4 saturated carbocycles. The summed E-state index contributed by atoms with van der Waals surface area (Å²) < 4.78 is 0. The van der Waals surface area contributed by atoms with Crippen LogP contribution in [0.4, 0.5) is 0 Å². The molecule has 0 unspecified atom stereocenters. The summed E-state index contributed by atoms with van der Waals surface area (Å²) in [4.78, 5) is 0. The van der Waals surface area contributed by atoms with Crippen LogP contribution in [0.2, 0.25) is 0 Å². The summed E-state index contributed by atoms with van der Waals surface area (Å²) in [6.07, 6.45) is 8.33. The molecule has 1 nitrogen and oxygen atoms in total. The van der Waals surface area contributed by atoms with Crippen molar-refractivity contribution in [1.29, 1.82) is 0 Å². The van der Waals surface area contributed by atoms with Gasteiger partial charge >= 0.3 is 0 Å². The predicted molar refractivity (Wildman–Crippen MR) is 98.5 cm³/mol. The van der Waals surface area contributed by atoms with Gasteiger partial charge in [0.1, 0.15) is 0 Å². The number of benzene rings is 2. The molecular formula is C23H27N. The monoisotopic (exact) mass is 317 g/mol. The lowest BCUT2D eigenvalue weighted by molar-refractivity contribution is -0.0892. The first-order valence-corrected chi connectivity index (χ1v) is 9.59. The van der Waals surface area contributed by atoms with Crippen LogP contribution in [-0.2, 0) is 5.54 Å². The first-order chi connectivity index (χ1) is 11.7. The fourth-order valence-corrected chi connectivity index (χ4v) is 6.77. The second kappa shape index (κ2) is 5.20. The zero-order valence-electron chi connectivity index (χ0n) is 14.3. The van der Waals surface area contributed by atoms with Gasteiger partial charge in [-0.3, -0.25) is 0 Å². The van der Waals surface area contributed by atoms with Crippen LogP contribution in [0, 0.1) is 23.2 Å². The van der Waals surface area contributed by atoms with E-state index in [-0.39, 0.29) is 11.0 Å². The maximum absolute atomic E-state index is 7.44. The van der Waals surface area contributed by atoms with Crippen LogP contribution in [-0.4, -0.2) is 0 Å². The van der Waals surface area contributed by atoms with Crippen molar-refractivity contribution in [3.63, 3.8) is 0 Å². The minimum atomic E-state index is -0.356. The molecule has 4 fully saturated rings. The molecule has 0 amide bonds. The van der Waals surface area contributed by atoms with Gasteiger partial charge in [-0.2, -0.15) is 0 Å². The summed E-state index contributed by atoms with van der Waals surface area (Å²) in [5.41, 5.74) is 9.93. The molecule has 4 aliphatic rings. The standard InChI is InChI=1S/C23H27N/c24-23(20-7-3-1-4-8-20,21-9-5-2-6-10-21)22-14-17-11-18(15-22)13-19(12-17)16-22/h1-10,17-19H,11-16,24H2. The average Bonchev–Trinajstić information content (AvgIpc) is 2.61. The van der Waals surface area contributed by atoms with Gasteiger partial charge in [-0.15, -0.1) is 0 Å². The Hall–Kier alpha value is -1.60. The Labute approximate surface area is 145 Å². The molecule has 2 N–H and O–H groups in total. The predicted octanol–water partition coefficient (Wildman–Crippen LogP) is 5.11. The number of hydrogen-bond acceptors (Lipinski definition) is 1. The normalized spacial score (nSPS) is 34.5. The second-order valence-electron chi connectivity index (χ2n) is 8.74. The van der Waals surface area contributed by atoms with E-state index in [0.717, 1.165) is 17.8 Å². The van der Waals surface area contributed by atoms with Crippen molar-refractivity contribution in [2.75, 3.05) is 0 Å². The van der Waals surface area contributed by atoms with Crippen LogP contribution in [0.15, 0.2) is 60.7 Å². The van der Waals surface area contributed by atoms with Crippen molar-refractivity contribution in [2.45, 2.75) is 44.1 Å². The van der Waals surface area contributed by atoms with Crippen LogP contribution in [0.5, 0.6) is 0 Å². The molecule has 0 saturated heterocycles. The summed E-state index contributed by atoms with van der Waals surface area (Å²) in [6, 6.07) is 21.8. The van der Waals surface area contributed by atoms with Crippen molar-refractivity contribution >= 4 is 0 Å². The highest BCUT2D eigenvalue weighted by Crippen LogP contribution is 2.66. The van der Waals surface area contributed by atoms with Gasteiger partial charge in [0.25, 0.3) is 0 Å². The molecule has 4 aliphatic carbocycles. The van der Waals surface area contributed by atoms with Gasteiger partial charge in [0.05, 0.1) is 5.54 Å². The number of rotatable bonds is 3. The van der Waals surface area contributed by atoms with Gasteiger partial charge in [0.15, 0.2) is 0 Å². The third-order valence-corrected chi connectivity index (χ3v) is 7.33. The maximum atomic E-state index is 7.44. The van der Waals surface area contributed by atoms with E-state index in [0.29, 0.717) is 0 Å². The molecule has 1 heteroatoms. The van der Waals surface area contributed by atoms with Crippen molar-refractivity contribution in [3.8, 4) is 0 Å². The fraction of sp³-hybridized carbons (Fsp3) is 0.478. The summed E-state index contributed by atoms with van der Waals surface area (Å²) in [5, 5.41) is 0. The van der Waals surface area contributed by atoms with E-state index in [2.05, 4.69) is 60.7 Å².